The van der Waals surface area contributed by atoms with E-state index in [0.29, 0.717) is 25.1 Å². The molecule has 8 nitrogen and oxygen atoms in total. The number of anilines is 1. The molecule has 0 spiro atoms. The number of hydrogen-bond acceptors (Lipinski definition) is 6. The third-order valence-electron chi connectivity index (χ3n) is 6.87. The predicted octanol–water partition coefficient (Wildman–Crippen LogP) is 4.00. The van der Waals surface area contributed by atoms with Crippen LogP contribution < -0.4 is 10.6 Å². The van der Waals surface area contributed by atoms with Crippen LogP contribution in [0.25, 0.3) is 16.7 Å². The molecular weight excluding hydrogens is 444 g/mol. The molecule has 2 aromatic heterocycles. The minimum absolute atomic E-state index is 0.180. The van der Waals surface area contributed by atoms with Crippen LogP contribution in [-0.4, -0.2) is 41.3 Å². The van der Waals surface area contributed by atoms with Crippen molar-refractivity contribution in [3.8, 4) is 0 Å². The lowest BCUT2D eigenvalue weighted by atomic mass is 9.92. The Morgan fingerprint density at radius 1 is 1.14 bits per heavy atom. The van der Waals surface area contributed by atoms with Crippen molar-refractivity contribution in [3.05, 3.63) is 89.2 Å². The number of carbonyl (C=O) groups is 2. The molecule has 3 heterocycles. The fraction of sp³-hybridized carbons (Fsp3) is 0.222. The first-order valence-corrected chi connectivity index (χ1v) is 11.6. The maximum atomic E-state index is 13.7. The Morgan fingerprint density at radius 3 is 2.91 bits per heavy atom. The van der Waals surface area contributed by atoms with Gasteiger partial charge in [0.1, 0.15) is 11.6 Å². The number of hydrogen-bond donors (Lipinski definition) is 2. The molecule has 176 valence electrons. The zero-order valence-corrected chi connectivity index (χ0v) is 19.2. The number of likely N-dealkylation sites (N-methyl/N-ethyl adjacent to an activating group) is 1. The highest BCUT2D eigenvalue weighted by Gasteiger charge is 2.39. The number of benzene rings is 2. The quantitative estimate of drug-likeness (QED) is 0.459. The Balaban J connectivity index is 1.25. The second-order valence-corrected chi connectivity index (χ2v) is 8.85. The first-order valence-electron chi connectivity index (χ1n) is 11.6. The van der Waals surface area contributed by atoms with Crippen LogP contribution in [-0.2, 0) is 17.8 Å². The summed E-state index contributed by atoms with van der Waals surface area (Å²) in [6, 6.07) is 15.1. The highest BCUT2D eigenvalue weighted by molar-refractivity contribution is 5.99. The van der Waals surface area contributed by atoms with E-state index in [0.717, 1.165) is 23.2 Å². The highest BCUT2D eigenvalue weighted by Crippen LogP contribution is 2.40. The SMILES string of the molecule is CNC(=O)[C@H]1CC2=C(Cc3ccccc32)CN1C(=O)c1occc1CNc1ccc2ncoc2c1. The summed E-state index contributed by atoms with van der Waals surface area (Å²) in [6.07, 6.45) is 4.21. The van der Waals surface area contributed by atoms with Crippen LogP contribution in [0.15, 0.2) is 75.6 Å². The zero-order chi connectivity index (χ0) is 23.9. The number of rotatable bonds is 5. The summed E-state index contributed by atoms with van der Waals surface area (Å²) >= 11 is 0. The molecule has 0 saturated heterocycles. The normalized spacial score (nSPS) is 16.8. The average Bonchev–Trinajstić information content (AvgIpc) is 3.63. The largest absolute Gasteiger partial charge is 0.459 e. The van der Waals surface area contributed by atoms with E-state index in [1.54, 1.807) is 18.0 Å². The molecule has 1 atom stereocenters. The van der Waals surface area contributed by atoms with Gasteiger partial charge in [0.25, 0.3) is 5.91 Å². The van der Waals surface area contributed by atoms with Gasteiger partial charge in [-0.2, -0.15) is 0 Å². The molecule has 0 bridgehead atoms. The maximum absolute atomic E-state index is 13.7. The fourth-order valence-corrected chi connectivity index (χ4v) is 5.09. The number of aromatic nitrogens is 1. The van der Waals surface area contributed by atoms with Gasteiger partial charge in [-0.25, -0.2) is 4.98 Å². The van der Waals surface area contributed by atoms with E-state index in [-0.39, 0.29) is 17.6 Å². The Kier molecular flexibility index (Phi) is 5.13. The lowest BCUT2D eigenvalue weighted by molar-refractivity contribution is -0.125. The lowest BCUT2D eigenvalue weighted by Gasteiger charge is -2.35. The highest BCUT2D eigenvalue weighted by atomic mass is 16.3. The molecule has 0 unspecified atom stereocenters. The molecule has 6 rings (SSSR count). The number of nitrogens with one attached hydrogen (secondary N) is 2. The van der Waals surface area contributed by atoms with E-state index in [4.69, 9.17) is 8.83 Å². The van der Waals surface area contributed by atoms with Gasteiger partial charge in [0, 0.05) is 43.9 Å². The van der Waals surface area contributed by atoms with Crippen molar-refractivity contribution in [2.45, 2.75) is 25.4 Å². The molecule has 2 aromatic carbocycles. The minimum atomic E-state index is -0.600. The van der Waals surface area contributed by atoms with E-state index >= 15 is 0 Å². The van der Waals surface area contributed by atoms with E-state index in [2.05, 4.69) is 27.8 Å². The van der Waals surface area contributed by atoms with Crippen molar-refractivity contribution in [2.75, 3.05) is 18.9 Å². The van der Waals surface area contributed by atoms with Gasteiger partial charge in [-0.05, 0) is 46.9 Å². The van der Waals surface area contributed by atoms with Gasteiger partial charge in [0.15, 0.2) is 17.7 Å². The first-order chi connectivity index (χ1) is 17.1. The summed E-state index contributed by atoms with van der Waals surface area (Å²) in [5, 5.41) is 6.04. The molecule has 2 amide bonds. The van der Waals surface area contributed by atoms with E-state index in [9.17, 15) is 9.59 Å². The summed E-state index contributed by atoms with van der Waals surface area (Å²) in [7, 11) is 1.60. The van der Waals surface area contributed by atoms with Crippen LogP contribution >= 0.6 is 0 Å². The van der Waals surface area contributed by atoms with Gasteiger partial charge in [-0.1, -0.05) is 24.3 Å². The summed E-state index contributed by atoms with van der Waals surface area (Å²) in [5.41, 5.74) is 7.83. The van der Waals surface area contributed by atoms with Gasteiger partial charge in [0.05, 0.1) is 6.26 Å². The second kappa shape index (κ2) is 8.47. The molecular formula is C27H24N4O4. The van der Waals surface area contributed by atoms with Crippen molar-refractivity contribution in [2.24, 2.45) is 0 Å². The van der Waals surface area contributed by atoms with Gasteiger partial charge < -0.3 is 24.4 Å². The Bertz CT molecular complexity index is 1480. The number of oxazole rings is 1. The molecule has 0 saturated carbocycles. The molecule has 0 radical (unpaired) electrons. The molecule has 1 aliphatic heterocycles. The summed E-state index contributed by atoms with van der Waals surface area (Å²) in [6.45, 7) is 0.783. The Morgan fingerprint density at radius 2 is 2.03 bits per heavy atom. The molecule has 8 heteroatoms. The van der Waals surface area contributed by atoms with Crippen LogP contribution in [0, 0.1) is 0 Å². The van der Waals surface area contributed by atoms with Crippen molar-refractivity contribution in [1.82, 2.24) is 15.2 Å². The van der Waals surface area contributed by atoms with Crippen molar-refractivity contribution in [1.29, 1.82) is 0 Å². The minimum Gasteiger partial charge on any atom is -0.459 e. The molecule has 2 N–H and O–H groups in total. The van der Waals surface area contributed by atoms with Gasteiger partial charge >= 0.3 is 0 Å². The van der Waals surface area contributed by atoms with Crippen molar-refractivity contribution < 1.29 is 18.4 Å². The van der Waals surface area contributed by atoms with Gasteiger partial charge in [-0.3, -0.25) is 9.59 Å². The van der Waals surface area contributed by atoms with Crippen LogP contribution in [0.1, 0.15) is 33.7 Å². The Labute approximate surface area is 201 Å². The van der Waals surface area contributed by atoms with Crippen LogP contribution in [0.2, 0.25) is 0 Å². The van der Waals surface area contributed by atoms with Gasteiger partial charge in [0.2, 0.25) is 5.91 Å². The maximum Gasteiger partial charge on any atom is 0.290 e. The molecule has 35 heavy (non-hydrogen) atoms. The van der Waals surface area contributed by atoms with E-state index in [1.165, 1.54) is 34.9 Å². The summed E-state index contributed by atoms with van der Waals surface area (Å²) in [4.78, 5) is 32.3. The lowest BCUT2D eigenvalue weighted by Crippen LogP contribution is -2.51. The third-order valence-corrected chi connectivity index (χ3v) is 6.87. The van der Waals surface area contributed by atoms with Crippen molar-refractivity contribution >= 4 is 34.2 Å². The van der Waals surface area contributed by atoms with Crippen LogP contribution in [0.5, 0.6) is 0 Å². The number of nitrogens with zero attached hydrogens (tertiary/aromatic N) is 2. The molecule has 4 aromatic rings. The fourth-order valence-electron chi connectivity index (χ4n) is 5.09. The Hall–Kier alpha value is -4.33. The average molecular weight is 469 g/mol. The number of amides is 2. The number of fused-ring (bicyclic) bond motifs is 3. The zero-order valence-electron chi connectivity index (χ0n) is 19.2. The van der Waals surface area contributed by atoms with Crippen LogP contribution in [0.4, 0.5) is 5.69 Å². The molecule has 2 aliphatic rings. The number of carbonyl (C=O) groups excluding carboxylic acids is 2. The van der Waals surface area contributed by atoms with Crippen LogP contribution in [0.3, 0.4) is 0 Å². The molecule has 1 aliphatic carbocycles. The van der Waals surface area contributed by atoms with E-state index < -0.39 is 6.04 Å². The monoisotopic (exact) mass is 468 g/mol. The smallest absolute Gasteiger partial charge is 0.290 e. The number of furan rings is 1. The second-order valence-electron chi connectivity index (χ2n) is 8.85. The van der Waals surface area contributed by atoms with Gasteiger partial charge in [-0.15, -0.1) is 0 Å². The van der Waals surface area contributed by atoms with Crippen molar-refractivity contribution in [3.63, 3.8) is 0 Å². The first kappa shape index (κ1) is 21.2. The molecule has 0 fully saturated rings. The summed E-state index contributed by atoms with van der Waals surface area (Å²) < 4.78 is 11.0. The van der Waals surface area contributed by atoms with E-state index in [1.807, 2.05) is 30.3 Å². The topological polar surface area (TPSA) is 101 Å². The predicted molar refractivity (Wildman–Crippen MR) is 131 cm³/mol. The third kappa shape index (κ3) is 3.67. The summed E-state index contributed by atoms with van der Waals surface area (Å²) in [5.74, 6) is -0.221. The standard InChI is InChI=1S/C27H24N4O4/c1-28-26(32)23-12-21-18(10-16-4-2-3-5-20(16)21)14-31(23)27(33)25-17(8-9-34-25)13-29-19-6-7-22-24(11-19)35-15-30-22/h2-9,11,15,23,29H,10,12-14H2,1H3,(H,28,32)/t23-/m1/s1.